The van der Waals surface area contributed by atoms with Gasteiger partial charge in [0.1, 0.15) is 4.90 Å². The quantitative estimate of drug-likeness (QED) is 0.725. The molecule has 0 bridgehead atoms. The van der Waals surface area contributed by atoms with Gasteiger partial charge in [-0.1, -0.05) is 36.7 Å². The van der Waals surface area contributed by atoms with E-state index in [-0.39, 0.29) is 16.0 Å². The fourth-order valence-corrected chi connectivity index (χ4v) is 4.66. The monoisotopic (exact) mass is 412 g/mol. The van der Waals surface area contributed by atoms with Crippen molar-refractivity contribution in [3.63, 3.8) is 0 Å². The number of benzene rings is 1. The number of nitrogens with two attached hydrogens (primary N) is 1. The predicted molar refractivity (Wildman–Crippen MR) is 85.5 cm³/mol. The minimum absolute atomic E-state index is 0.0857. The lowest BCUT2D eigenvalue weighted by Crippen LogP contribution is -2.34. The van der Waals surface area contributed by atoms with Crippen LogP contribution in [0.5, 0.6) is 0 Å². The number of sulfonamides is 1. The Morgan fingerprint density at radius 1 is 1.32 bits per heavy atom. The maximum atomic E-state index is 12.3. The van der Waals surface area contributed by atoms with Crippen LogP contribution in [0.1, 0.15) is 27.2 Å². The summed E-state index contributed by atoms with van der Waals surface area (Å²) in [6, 6.07) is 3.24. The van der Waals surface area contributed by atoms with Crippen molar-refractivity contribution >= 4 is 47.6 Å². The van der Waals surface area contributed by atoms with Gasteiger partial charge in [-0.3, -0.25) is 0 Å². The first-order valence-electron chi connectivity index (χ1n) is 5.83. The summed E-state index contributed by atoms with van der Waals surface area (Å²) in [6.45, 7) is 6.41. The van der Waals surface area contributed by atoms with Gasteiger partial charge in [0, 0.05) is 15.5 Å². The molecule has 7 heteroatoms. The Balaban J connectivity index is 3.09. The van der Waals surface area contributed by atoms with Gasteiger partial charge in [0.2, 0.25) is 10.0 Å². The van der Waals surface area contributed by atoms with Gasteiger partial charge in [0.15, 0.2) is 0 Å². The molecule has 1 aromatic rings. The Morgan fingerprint density at radius 3 is 2.37 bits per heavy atom. The van der Waals surface area contributed by atoms with Crippen molar-refractivity contribution in [2.24, 2.45) is 5.41 Å². The maximum absolute atomic E-state index is 12.3. The number of hydrogen-bond donors (Lipinski definition) is 2. The van der Waals surface area contributed by atoms with Crippen LogP contribution in [0.4, 0.5) is 5.69 Å². The van der Waals surface area contributed by atoms with Crippen molar-refractivity contribution < 1.29 is 8.42 Å². The average molecular weight is 414 g/mol. The molecule has 0 aliphatic heterocycles. The van der Waals surface area contributed by atoms with Crippen LogP contribution >= 0.6 is 31.9 Å². The number of hydrogen-bond acceptors (Lipinski definition) is 3. The largest absolute Gasteiger partial charge is 0.398 e. The number of rotatable bonds is 5. The van der Waals surface area contributed by atoms with Crippen molar-refractivity contribution in [1.29, 1.82) is 0 Å². The molecule has 0 heterocycles. The van der Waals surface area contributed by atoms with Crippen LogP contribution < -0.4 is 10.5 Å². The molecule has 0 spiro atoms. The zero-order chi connectivity index (χ0) is 14.8. The van der Waals surface area contributed by atoms with E-state index in [0.717, 1.165) is 10.9 Å². The topological polar surface area (TPSA) is 72.2 Å². The fourth-order valence-electron chi connectivity index (χ4n) is 1.35. The molecule has 0 atom stereocenters. The van der Waals surface area contributed by atoms with Crippen molar-refractivity contribution in [3.05, 3.63) is 21.1 Å². The summed E-state index contributed by atoms with van der Waals surface area (Å²) in [6.07, 6.45) is 0.881. The Labute approximate surface area is 131 Å². The molecule has 0 saturated carbocycles. The second kappa shape index (κ2) is 6.11. The molecule has 0 radical (unpaired) electrons. The van der Waals surface area contributed by atoms with Crippen molar-refractivity contribution in [2.45, 2.75) is 32.1 Å². The third-order valence-corrected chi connectivity index (χ3v) is 5.87. The van der Waals surface area contributed by atoms with Gasteiger partial charge in [-0.2, -0.15) is 0 Å². The lowest BCUT2D eigenvalue weighted by atomic mass is 9.91. The summed E-state index contributed by atoms with van der Waals surface area (Å²) in [4.78, 5) is 0.0857. The summed E-state index contributed by atoms with van der Waals surface area (Å²) in [7, 11) is -3.62. The zero-order valence-electron chi connectivity index (χ0n) is 11.1. The minimum Gasteiger partial charge on any atom is -0.398 e. The van der Waals surface area contributed by atoms with Crippen LogP contribution in [-0.4, -0.2) is 15.0 Å². The number of halogens is 2. The van der Waals surface area contributed by atoms with E-state index in [0.29, 0.717) is 11.0 Å². The molecular formula is C12H18Br2N2O2S. The molecule has 0 aliphatic carbocycles. The first-order valence-corrected chi connectivity index (χ1v) is 8.90. The normalized spacial score (nSPS) is 12.7. The Bertz CT molecular complexity index is 548. The molecule has 1 rings (SSSR count). The third kappa shape index (κ3) is 4.44. The van der Waals surface area contributed by atoms with Gasteiger partial charge >= 0.3 is 0 Å². The Hall–Kier alpha value is -0.110. The van der Waals surface area contributed by atoms with Gasteiger partial charge in [-0.05, 0) is 39.9 Å². The smallest absolute Gasteiger partial charge is 0.243 e. The lowest BCUT2D eigenvalue weighted by molar-refractivity contribution is 0.350. The van der Waals surface area contributed by atoms with E-state index in [2.05, 4.69) is 36.6 Å². The maximum Gasteiger partial charge on any atom is 0.243 e. The Morgan fingerprint density at radius 2 is 1.89 bits per heavy atom. The lowest BCUT2D eigenvalue weighted by Gasteiger charge is -2.23. The van der Waals surface area contributed by atoms with Crippen molar-refractivity contribution in [3.8, 4) is 0 Å². The molecule has 0 aromatic heterocycles. The second-order valence-electron chi connectivity index (χ2n) is 5.15. The number of anilines is 1. The van der Waals surface area contributed by atoms with Gasteiger partial charge in [-0.15, -0.1) is 0 Å². The van der Waals surface area contributed by atoms with Crippen molar-refractivity contribution in [2.75, 3.05) is 12.3 Å². The average Bonchev–Trinajstić information content (AvgIpc) is 2.25. The highest BCUT2D eigenvalue weighted by molar-refractivity contribution is 9.11. The molecule has 4 nitrogen and oxygen atoms in total. The summed E-state index contributed by atoms with van der Waals surface area (Å²) in [5, 5.41) is 0. The molecule has 3 N–H and O–H groups in total. The third-order valence-electron chi connectivity index (χ3n) is 3.00. The van der Waals surface area contributed by atoms with E-state index in [4.69, 9.17) is 5.73 Å². The van der Waals surface area contributed by atoms with Crippen LogP contribution in [0.15, 0.2) is 26.0 Å². The molecule has 108 valence electrons. The van der Waals surface area contributed by atoms with Gasteiger partial charge < -0.3 is 5.73 Å². The van der Waals surface area contributed by atoms with Crippen LogP contribution in [0.3, 0.4) is 0 Å². The molecule has 0 fully saturated rings. The standard InChI is InChI=1S/C12H18Br2N2O2S/c1-4-12(2,3)7-16-19(17,18)11-9(14)5-8(13)6-10(11)15/h5-6,16H,4,7,15H2,1-3H3. The van der Waals surface area contributed by atoms with E-state index < -0.39 is 10.0 Å². The van der Waals surface area contributed by atoms with Gasteiger partial charge in [-0.25, -0.2) is 13.1 Å². The van der Waals surface area contributed by atoms with Crippen LogP contribution in [-0.2, 0) is 10.0 Å². The minimum atomic E-state index is -3.62. The predicted octanol–water partition coefficient (Wildman–Crippen LogP) is 3.51. The van der Waals surface area contributed by atoms with Gasteiger partial charge in [0.25, 0.3) is 0 Å². The SMILES string of the molecule is CCC(C)(C)CNS(=O)(=O)c1c(N)cc(Br)cc1Br. The summed E-state index contributed by atoms with van der Waals surface area (Å²) >= 11 is 6.51. The molecule has 1 aromatic carbocycles. The van der Waals surface area contributed by atoms with E-state index in [1.54, 1.807) is 12.1 Å². The van der Waals surface area contributed by atoms with E-state index >= 15 is 0 Å². The summed E-state index contributed by atoms with van der Waals surface area (Å²) in [5.41, 5.74) is 5.92. The highest BCUT2D eigenvalue weighted by atomic mass is 79.9. The van der Waals surface area contributed by atoms with E-state index in [1.165, 1.54) is 0 Å². The number of nitrogen functional groups attached to an aromatic ring is 1. The molecular weight excluding hydrogens is 396 g/mol. The first kappa shape index (κ1) is 16.9. The summed E-state index contributed by atoms with van der Waals surface area (Å²) < 4.78 is 28.4. The molecule has 19 heavy (non-hydrogen) atoms. The molecule has 0 saturated heterocycles. The van der Waals surface area contributed by atoms with Crippen LogP contribution in [0.25, 0.3) is 0 Å². The highest BCUT2D eigenvalue weighted by Crippen LogP contribution is 2.32. The van der Waals surface area contributed by atoms with Crippen molar-refractivity contribution in [1.82, 2.24) is 4.72 Å². The summed E-state index contributed by atoms with van der Waals surface area (Å²) in [5.74, 6) is 0. The number of nitrogens with one attached hydrogen (secondary N) is 1. The van der Waals surface area contributed by atoms with Crippen LogP contribution in [0, 0.1) is 5.41 Å². The first-order chi connectivity index (χ1) is 8.59. The highest BCUT2D eigenvalue weighted by Gasteiger charge is 2.24. The Kier molecular flexibility index (Phi) is 5.45. The fraction of sp³-hybridized carbons (Fsp3) is 0.500. The molecule has 0 unspecified atom stereocenters. The van der Waals surface area contributed by atoms with Crippen LogP contribution in [0.2, 0.25) is 0 Å². The zero-order valence-corrected chi connectivity index (χ0v) is 15.1. The van der Waals surface area contributed by atoms with E-state index in [1.807, 2.05) is 20.8 Å². The molecule has 0 amide bonds. The molecule has 0 aliphatic rings. The van der Waals surface area contributed by atoms with E-state index in [9.17, 15) is 8.42 Å². The van der Waals surface area contributed by atoms with Gasteiger partial charge in [0.05, 0.1) is 5.69 Å². The second-order valence-corrected chi connectivity index (χ2v) is 8.62.